The largest absolute Gasteiger partial charge is 0.481 e. The summed E-state index contributed by atoms with van der Waals surface area (Å²) in [4.78, 5) is 34.3. The molecule has 1 unspecified atom stereocenters. The van der Waals surface area contributed by atoms with E-state index in [0.29, 0.717) is 12.8 Å². The van der Waals surface area contributed by atoms with Gasteiger partial charge >= 0.3 is 5.97 Å². The van der Waals surface area contributed by atoms with Crippen LogP contribution in [-0.4, -0.2) is 27.2 Å². The Morgan fingerprint density at radius 1 is 1.40 bits per heavy atom. The third-order valence-electron chi connectivity index (χ3n) is 3.82. The van der Waals surface area contributed by atoms with Crippen molar-refractivity contribution in [2.24, 2.45) is 17.8 Å². The molecular formula is C13H17N3O4. The SMILES string of the molecule is CCC1C[C@H](C(=O)Nc2ccc(=O)[nH]n2)[C@H](C(=O)O)C1. The molecular weight excluding hydrogens is 262 g/mol. The number of carboxylic acid groups (broad SMARTS) is 1. The topological polar surface area (TPSA) is 112 Å². The lowest BCUT2D eigenvalue weighted by atomic mass is 9.95. The molecule has 0 bridgehead atoms. The summed E-state index contributed by atoms with van der Waals surface area (Å²) in [6.07, 6.45) is 1.97. The maximum Gasteiger partial charge on any atom is 0.307 e. The highest BCUT2D eigenvalue weighted by Crippen LogP contribution is 2.38. The van der Waals surface area contributed by atoms with Crippen molar-refractivity contribution in [3.05, 3.63) is 22.5 Å². The quantitative estimate of drug-likeness (QED) is 0.756. The maximum absolute atomic E-state index is 12.2. The molecule has 2 rings (SSSR count). The number of H-pyrrole nitrogens is 1. The van der Waals surface area contributed by atoms with E-state index in [9.17, 15) is 19.5 Å². The lowest BCUT2D eigenvalue weighted by Gasteiger charge is -2.14. The fraction of sp³-hybridized carbons (Fsp3) is 0.538. The van der Waals surface area contributed by atoms with E-state index in [0.717, 1.165) is 6.42 Å². The maximum atomic E-state index is 12.2. The van der Waals surface area contributed by atoms with Gasteiger partial charge in [-0.2, -0.15) is 5.10 Å². The van der Waals surface area contributed by atoms with Gasteiger partial charge in [-0.3, -0.25) is 14.4 Å². The summed E-state index contributed by atoms with van der Waals surface area (Å²) in [5.74, 6) is -2.01. The summed E-state index contributed by atoms with van der Waals surface area (Å²) in [5, 5.41) is 17.7. The van der Waals surface area contributed by atoms with E-state index in [-0.39, 0.29) is 23.2 Å². The Hall–Kier alpha value is -2.18. The van der Waals surface area contributed by atoms with E-state index in [1.807, 2.05) is 6.92 Å². The zero-order valence-corrected chi connectivity index (χ0v) is 11.1. The number of carbonyl (C=O) groups excluding carboxylic acids is 1. The monoisotopic (exact) mass is 279 g/mol. The molecule has 1 fully saturated rings. The lowest BCUT2D eigenvalue weighted by Crippen LogP contribution is -2.30. The molecule has 0 saturated heterocycles. The highest BCUT2D eigenvalue weighted by Gasteiger charge is 2.42. The van der Waals surface area contributed by atoms with Crippen molar-refractivity contribution < 1.29 is 14.7 Å². The fourth-order valence-corrected chi connectivity index (χ4v) is 2.67. The average molecular weight is 279 g/mol. The van der Waals surface area contributed by atoms with Crippen molar-refractivity contribution >= 4 is 17.7 Å². The molecule has 1 aromatic heterocycles. The van der Waals surface area contributed by atoms with Gasteiger partial charge in [0.1, 0.15) is 0 Å². The number of aromatic amines is 1. The van der Waals surface area contributed by atoms with Gasteiger partial charge in [-0.15, -0.1) is 0 Å². The highest BCUT2D eigenvalue weighted by atomic mass is 16.4. The number of aromatic nitrogens is 2. The molecule has 1 saturated carbocycles. The van der Waals surface area contributed by atoms with Crippen LogP contribution in [0.2, 0.25) is 0 Å². The van der Waals surface area contributed by atoms with E-state index in [1.54, 1.807) is 0 Å². The number of carbonyl (C=O) groups is 2. The van der Waals surface area contributed by atoms with Crippen molar-refractivity contribution in [3.63, 3.8) is 0 Å². The first-order valence-corrected chi connectivity index (χ1v) is 6.60. The van der Waals surface area contributed by atoms with Crippen LogP contribution in [0.5, 0.6) is 0 Å². The molecule has 0 aliphatic heterocycles. The van der Waals surface area contributed by atoms with Gasteiger partial charge in [0.25, 0.3) is 5.56 Å². The molecule has 3 atom stereocenters. The second-order valence-electron chi connectivity index (χ2n) is 5.09. The summed E-state index contributed by atoms with van der Waals surface area (Å²) in [6, 6.07) is 2.64. The van der Waals surface area contributed by atoms with Crippen LogP contribution < -0.4 is 10.9 Å². The smallest absolute Gasteiger partial charge is 0.307 e. The van der Waals surface area contributed by atoms with Crippen LogP contribution in [-0.2, 0) is 9.59 Å². The Bertz CT molecular complexity index is 548. The van der Waals surface area contributed by atoms with Crippen molar-refractivity contribution in [2.75, 3.05) is 5.32 Å². The van der Waals surface area contributed by atoms with Crippen molar-refractivity contribution in [3.8, 4) is 0 Å². The lowest BCUT2D eigenvalue weighted by molar-refractivity contribution is -0.145. The van der Waals surface area contributed by atoms with Crippen molar-refractivity contribution in [1.29, 1.82) is 0 Å². The standard InChI is InChI=1S/C13H17N3O4/c1-2-7-5-8(9(6-7)13(19)20)12(18)14-10-3-4-11(17)16-15-10/h3-4,7-9H,2,5-6H2,1H3,(H,16,17)(H,19,20)(H,14,15,18)/t7?,8-,9+/m0/s1. The van der Waals surface area contributed by atoms with Gasteiger partial charge in [0, 0.05) is 6.07 Å². The first-order chi connectivity index (χ1) is 9.51. The Labute approximate surface area is 115 Å². The predicted octanol–water partition coefficient (Wildman–Crippen LogP) is 0.845. The number of nitrogens with one attached hydrogen (secondary N) is 2. The third-order valence-corrected chi connectivity index (χ3v) is 3.82. The Morgan fingerprint density at radius 2 is 2.10 bits per heavy atom. The van der Waals surface area contributed by atoms with Gasteiger partial charge in [0.05, 0.1) is 11.8 Å². The van der Waals surface area contributed by atoms with Gasteiger partial charge in [0.15, 0.2) is 5.82 Å². The van der Waals surface area contributed by atoms with Crippen LogP contribution in [0.4, 0.5) is 5.82 Å². The molecule has 0 radical (unpaired) electrons. The molecule has 1 aromatic rings. The molecule has 7 heteroatoms. The Balaban J connectivity index is 2.09. The van der Waals surface area contributed by atoms with Gasteiger partial charge in [-0.25, -0.2) is 5.10 Å². The summed E-state index contributed by atoms with van der Waals surface area (Å²) in [6.45, 7) is 1.99. The molecule has 1 amide bonds. The first kappa shape index (κ1) is 14.2. The summed E-state index contributed by atoms with van der Waals surface area (Å²) in [5.41, 5.74) is -0.363. The van der Waals surface area contributed by atoms with E-state index >= 15 is 0 Å². The molecule has 7 nitrogen and oxygen atoms in total. The van der Waals surface area contributed by atoms with Crippen LogP contribution in [0, 0.1) is 17.8 Å². The average Bonchev–Trinajstić information content (AvgIpc) is 2.86. The number of hydrogen-bond donors (Lipinski definition) is 3. The number of amides is 1. The minimum absolute atomic E-state index is 0.221. The van der Waals surface area contributed by atoms with Crippen LogP contribution in [0.1, 0.15) is 26.2 Å². The number of hydrogen-bond acceptors (Lipinski definition) is 4. The number of carboxylic acids is 1. The van der Waals surface area contributed by atoms with Crippen molar-refractivity contribution in [1.82, 2.24) is 10.2 Å². The minimum Gasteiger partial charge on any atom is -0.481 e. The zero-order chi connectivity index (χ0) is 14.7. The van der Waals surface area contributed by atoms with E-state index < -0.39 is 17.8 Å². The van der Waals surface area contributed by atoms with Crippen molar-refractivity contribution in [2.45, 2.75) is 26.2 Å². The normalized spacial score (nSPS) is 25.4. The van der Waals surface area contributed by atoms with E-state index in [2.05, 4.69) is 15.5 Å². The van der Waals surface area contributed by atoms with Gasteiger partial charge in [0.2, 0.25) is 5.91 Å². The van der Waals surface area contributed by atoms with Crippen LogP contribution in [0.15, 0.2) is 16.9 Å². The number of aliphatic carboxylic acids is 1. The molecule has 1 aliphatic rings. The summed E-state index contributed by atoms with van der Waals surface area (Å²) < 4.78 is 0. The summed E-state index contributed by atoms with van der Waals surface area (Å²) in [7, 11) is 0. The van der Waals surface area contributed by atoms with Crippen LogP contribution >= 0.6 is 0 Å². The Kier molecular flexibility index (Phi) is 4.16. The van der Waals surface area contributed by atoms with Gasteiger partial charge in [-0.1, -0.05) is 13.3 Å². The molecule has 108 valence electrons. The molecule has 3 N–H and O–H groups in total. The van der Waals surface area contributed by atoms with E-state index in [1.165, 1.54) is 12.1 Å². The first-order valence-electron chi connectivity index (χ1n) is 6.60. The van der Waals surface area contributed by atoms with E-state index in [4.69, 9.17) is 0 Å². The number of rotatable bonds is 4. The van der Waals surface area contributed by atoms with Gasteiger partial charge < -0.3 is 10.4 Å². The second kappa shape index (κ2) is 5.85. The van der Waals surface area contributed by atoms with Crippen LogP contribution in [0.3, 0.4) is 0 Å². The third kappa shape index (κ3) is 3.04. The molecule has 1 aliphatic carbocycles. The molecule has 20 heavy (non-hydrogen) atoms. The molecule has 1 heterocycles. The number of nitrogens with zero attached hydrogens (tertiary/aromatic N) is 1. The second-order valence-corrected chi connectivity index (χ2v) is 5.09. The van der Waals surface area contributed by atoms with Crippen LogP contribution in [0.25, 0.3) is 0 Å². The highest BCUT2D eigenvalue weighted by molar-refractivity contribution is 5.94. The summed E-state index contributed by atoms with van der Waals surface area (Å²) >= 11 is 0. The van der Waals surface area contributed by atoms with Gasteiger partial charge in [-0.05, 0) is 24.8 Å². The Morgan fingerprint density at radius 3 is 2.65 bits per heavy atom. The molecule has 0 aromatic carbocycles. The fourth-order valence-electron chi connectivity index (χ4n) is 2.67. The predicted molar refractivity (Wildman–Crippen MR) is 71.1 cm³/mol. The minimum atomic E-state index is -0.935. The molecule has 0 spiro atoms. The number of anilines is 1. The zero-order valence-electron chi connectivity index (χ0n) is 11.1.